The third-order valence-electron chi connectivity index (χ3n) is 4.66. The van der Waals surface area contributed by atoms with E-state index in [2.05, 4.69) is 0 Å². The van der Waals surface area contributed by atoms with E-state index < -0.39 is 5.60 Å². The van der Waals surface area contributed by atoms with E-state index in [1.165, 1.54) is 0 Å². The summed E-state index contributed by atoms with van der Waals surface area (Å²) in [5.74, 6) is 1.14. The van der Waals surface area contributed by atoms with Gasteiger partial charge in [-0.1, -0.05) is 11.6 Å². The van der Waals surface area contributed by atoms with E-state index in [0.717, 1.165) is 18.6 Å². The fraction of sp³-hybridized carbons (Fsp3) is 0.619. The van der Waals surface area contributed by atoms with Crippen molar-refractivity contribution >= 4 is 23.6 Å². The quantitative estimate of drug-likeness (QED) is 0.704. The second-order valence-electron chi connectivity index (χ2n) is 8.23. The summed E-state index contributed by atoms with van der Waals surface area (Å²) in [6.07, 6.45) is 1.87. The maximum Gasteiger partial charge on any atom is 0.410 e. The first-order valence-corrected chi connectivity index (χ1v) is 10.1. The van der Waals surface area contributed by atoms with Crippen molar-refractivity contribution in [2.75, 3.05) is 33.3 Å². The van der Waals surface area contributed by atoms with Crippen LogP contribution in [0.4, 0.5) is 4.79 Å². The van der Waals surface area contributed by atoms with Gasteiger partial charge in [-0.15, -0.1) is 0 Å². The van der Waals surface area contributed by atoms with Gasteiger partial charge in [-0.05, 0) is 63.8 Å². The van der Waals surface area contributed by atoms with Gasteiger partial charge in [0.1, 0.15) is 18.0 Å². The van der Waals surface area contributed by atoms with Crippen LogP contribution in [0.5, 0.6) is 5.75 Å². The van der Waals surface area contributed by atoms with Crippen LogP contribution in [0.25, 0.3) is 0 Å². The Hall–Kier alpha value is -1.95. The van der Waals surface area contributed by atoms with Crippen molar-refractivity contribution in [1.29, 1.82) is 0 Å². The van der Waals surface area contributed by atoms with E-state index in [-0.39, 0.29) is 12.0 Å². The van der Waals surface area contributed by atoms with E-state index in [4.69, 9.17) is 21.1 Å². The van der Waals surface area contributed by atoms with Gasteiger partial charge in [0.2, 0.25) is 5.91 Å². The summed E-state index contributed by atoms with van der Waals surface area (Å²) in [5.41, 5.74) is -0.485. The summed E-state index contributed by atoms with van der Waals surface area (Å²) in [4.78, 5) is 28.0. The fourth-order valence-electron chi connectivity index (χ4n) is 3.00. The SMILES string of the molecule is CN(CCOc1ccc(Cl)cc1)C(=O)CC1CCN(C(=O)OC(C)(C)C)CC1. The predicted molar refractivity (Wildman–Crippen MR) is 110 cm³/mol. The Morgan fingerprint density at radius 2 is 1.79 bits per heavy atom. The molecule has 1 heterocycles. The van der Waals surface area contributed by atoms with Crippen molar-refractivity contribution in [3.63, 3.8) is 0 Å². The minimum atomic E-state index is -0.485. The highest BCUT2D eigenvalue weighted by atomic mass is 35.5. The van der Waals surface area contributed by atoms with Crippen LogP contribution in [0.1, 0.15) is 40.0 Å². The molecule has 0 spiro atoms. The van der Waals surface area contributed by atoms with Gasteiger partial charge >= 0.3 is 6.09 Å². The molecule has 0 bridgehead atoms. The predicted octanol–water partition coefficient (Wildman–Crippen LogP) is 4.21. The zero-order valence-corrected chi connectivity index (χ0v) is 18.0. The van der Waals surface area contributed by atoms with Crippen LogP contribution in [0.2, 0.25) is 5.02 Å². The molecule has 0 saturated carbocycles. The van der Waals surface area contributed by atoms with Gasteiger partial charge in [0, 0.05) is 31.6 Å². The molecule has 0 N–H and O–H groups in total. The highest BCUT2D eigenvalue weighted by Gasteiger charge is 2.28. The largest absolute Gasteiger partial charge is 0.492 e. The number of nitrogens with zero attached hydrogens (tertiary/aromatic N) is 2. The average molecular weight is 411 g/mol. The normalized spacial score (nSPS) is 15.2. The molecule has 0 atom stereocenters. The number of carbonyl (C=O) groups is 2. The molecule has 156 valence electrons. The maximum absolute atomic E-state index is 12.4. The lowest BCUT2D eigenvalue weighted by Crippen LogP contribution is -2.42. The number of rotatable bonds is 6. The van der Waals surface area contributed by atoms with Gasteiger partial charge in [-0.3, -0.25) is 4.79 Å². The third kappa shape index (κ3) is 7.58. The zero-order chi connectivity index (χ0) is 20.7. The molecule has 1 aromatic carbocycles. The number of likely N-dealkylation sites (tertiary alicyclic amines) is 1. The first-order chi connectivity index (χ1) is 13.1. The van der Waals surface area contributed by atoms with E-state index in [1.807, 2.05) is 32.9 Å². The van der Waals surface area contributed by atoms with Crippen LogP contribution in [0.3, 0.4) is 0 Å². The summed E-state index contributed by atoms with van der Waals surface area (Å²) in [7, 11) is 1.80. The van der Waals surface area contributed by atoms with Crippen molar-refractivity contribution in [3.05, 3.63) is 29.3 Å². The van der Waals surface area contributed by atoms with Gasteiger partial charge in [0.15, 0.2) is 0 Å². The van der Waals surface area contributed by atoms with Crippen molar-refractivity contribution < 1.29 is 19.1 Å². The molecule has 0 aliphatic carbocycles. The van der Waals surface area contributed by atoms with E-state index in [1.54, 1.807) is 29.0 Å². The molecule has 1 fully saturated rings. The van der Waals surface area contributed by atoms with Gasteiger partial charge in [-0.25, -0.2) is 4.79 Å². The molecular formula is C21H31ClN2O4. The molecule has 0 radical (unpaired) electrons. The molecule has 7 heteroatoms. The second-order valence-corrected chi connectivity index (χ2v) is 8.67. The molecule has 1 aliphatic rings. The molecular weight excluding hydrogens is 380 g/mol. The van der Waals surface area contributed by atoms with E-state index in [0.29, 0.717) is 43.6 Å². The number of hydrogen-bond donors (Lipinski definition) is 0. The maximum atomic E-state index is 12.4. The van der Waals surface area contributed by atoms with E-state index >= 15 is 0 Å². The number of amides is 2. The summed E-state index contributed by atoms with van der Waals surface area (Å²) in [6.45, 7) is 7.82. The molecule has 28 heavy (non-hydrogen) atoms. The van der Waals surface area contributed by atoms with Crippen LogP contribution >= 0.6 is 11.6 Å². The highest BCUT2D eigenvalue weighted by molar-refractivity contribution is 6.30. The van der Waals surface area contributed by atoms with Crippen LogP contribution < -0.4 is 4.74 Å². The summed E-state index contributed by atoms with van der Waals surface area (Å²) in [6, 6.07) is 7.16. The Kier molecular flexibility index (Phi) is 7.98. The molecule has 1 aromatic rings. The first kappa shape index (κ1) is 22.3. The Labute approximate surface area is 172 Å². The van der Waals surface area contributed by atoms with Crippen LogP contribution in [0, 0.1) is 5.92 Å². The standard InChI is InChI=1S/C21H31ClN2O4/c1-21(2,3)28-20(26)24-11-9-16(10-12-24)15-19(25)23(4)13-14-27-18-7-5-17(22)6-8-18/h5-8,16H,9-15H2,1-4H3. The number of ether oxygens (including phenoxy) is 2. The summed E-state index contributed by atoms with van der Waals surface area (Å²) in [5, 5.41) is 0.664. The fourth-order valence-corrected chi connectivity index (χ4v) is 3.13. The minimum Gasteiger partial charge on any atom is -0.492 e. The Morgan fingerprint density at radius 3 is 2.36 bits per heavy atom. The Balaban J connectivity index is 1.67. The van der Waals surface area contributed by atoms with Gasteiger partial charge < -0.3 is 19.3 Å². The van der Waals surface area contributed by atoms with Gasteiger partial charge in [-0.2, -0.15) is 0 Å². The first-order valence-electron chi connectivity index (χ1n) is 9.74. The minimum absolute atomic E-state index is 0.107. The lowest BCUT2D eigenvalue weighted by Gasteiger charge is -2.33. The molecule has 2 rings (SSSR count). The van der Waals surface area contributed by atoms with Crippen molar-refractivity contribution in [2.45, 2.75) is 45.6 Å². The Morgan fingerprint density at radius 1 is 1.18 bits per heavy atom. The monoisotopic (exact) mass is 410 g/mol. The molecule has 2 amide bonds. The smallest absolute Gasteiger partial charge is 0.410 e. The molecule has 0 aromatic heterocycles. The van der Waals surface area contributed by atoms with Gasteiger partial charge in [0.25, 0.3) is 0 Å². The summed E-state index contributed by atoms with van der Waals surface area (Å²) < 4.78 is 11.1. The third-order valence-corrected chi connectivity index (χ3v) is 4.92. The second kappa shape index (κ2) is 10.0. The molecule has 6 nitrogen and oxygen atoms in total. The molecule has 0 unspecified atom stereocenters. The van der Waals surface area contributed by atoms with Crippen LogP contribution in [-0.4, -0.2) is 60.7 Å². The highest BCUT2D eigenvalue weighted by Crippen LogP contribution is 2.23. The Bertz CT molecular complexity index is 649. The topological polar surface area (TPSA) is 59.1 Å². The van der Waals surface area contributed by atoms with Crippen LogP contribution in [-0.2, 0) is 9.53 Å². The summed E-state index contributed by atoms with van der Waals surface area (Å²) >= 11 is 5.85. The number of hydrogen-bond acceptors (Lipinski definition) is 4. The number of carbonyl (C=O) groups excluding carboxylic acids is 2. The number of piperidine rings is 1. The number of halogens is 1. The van der Waals surface area contributed by atoms with Crippen molar-refractivity contribution in [1.82, 2.24) is 9.80 Å². The average Bonchev–Trinajstić information content (AvgIpc) is 2.62. The van der Waals surface area contributed by atoms with E-state index in [9.17, 15) is 9.59 Å². The van der Waals surface area contributed by atoms with Gasteiger partial charge in [0.05, 0.1) is 6.54 Å². The lowest BCUT2D eigenvalue weighted by atomic mass is 9.93. The number of likely N-dealkylation sites (N-methyl/N-ethyl adjacent to an activating group) is 1. The zero-order valence-electron chi connectivity index (χ0n) is 17.2. The van der Waals surface area contributed by atoms with Crippen molar-refractivity contribution in [3.8, 4) is 5.75 Å². The van der Waals surface area contributed by atoms with Crippen molar-refractivity contribution in [2.24, 2.45) is 5.92 Å². The molecule has 1 saturated heterocycles. The molecule has 1 aliphatic heterocycles. The lowest BCUT2D eigenvalue weighted by molar-refractivity contribution is -0.131. The van der Waals surface area contributed by atoms with Crippen LogP contribution in [0.15, 0.2) is 24.3 Å². The number of benzene rings is 1.